The Morgan fingerprint density at radius 2 is 1.40 bits per heavy atom. The van der Waals surface area contributed by atoms with Crippen molar-refractivity contribution in [3.8, 4) is 0 Å². The van der Waals surface area contributed by atoms with E-state index in [-0.39, 0.29) is 0 Å². The third-order valence-corrected chi connectivity index (χ3v) is 5.54. The molecule has 0 radical (unpaired) electrons. The van der Waals surface area contributed by atoms with Crippen molar-refractivity contribution in [1.29, 1.82) is 0 Å². The zero-order chi connectivity index (χ0) is 13.8. The summed E-state index contributed by atoms with van der Waals surface area (Å²) < 4.78 is 0. The Labute approximate surface area is 125 Å². The van der Waals surface area contributed by atoms with Gasteiger partial charge in [-0.25, -0.2) is 0 Å². The van der Waals surface area contributed by atoms with Gasteiger partial charge in [-0.05, 0) is 56.9 Å². The van der Waals surface area contributed by atoms with Crippen LogP contribution in [0.2, 0.25) is 0 Å². The summed E-state index contributed by atoms with van der Waals surface area (Å²) in [5.41, 5.74) is 0. The Bertz CT molecular complexity index is 269. The molecular weight excluding hydrogens is 244 g/mol. The smallest absolute Gasteiger partial charge is 0.0249 e. The Morgan fingerprint density at radius 3 is 1.95 bits per heavy atom. The van der Waals surface area contributed by atoms with Crippen molar-refractivity contribution in [3.05, 3.63) is 0 Å². The topological polar surface area (TPSA) is 15.3 Å². The van der Waals surface area contributed by atoms with Gasteiger partial charge in [-0.15, -0.1) is 0 Å². The molecule has 0 aromatic carbocycles. The summed E-state index contributed by atoms with van der Waals surface area (Å²) in [6.45, 7) is 6.23. The predicted molar refractivity (Wildman–Crippen MR) is 86.0 cm³/mol. The van der Waals surface area contributed by atoms with Crippen LogP contribution in [-0.2, 0) is 0 Å². The standard InChI is InChI=1S/C18H34N2/c1-2-19-17-7-5-3-4-6-8-18(17)20(13-15-9-10-15)14-16-11-12-16/h15-19H,2-14H2,1H3. The van der Waals surface area contributed by atoms with Gasteiger partial charge in [0, 0.05) is 25.2 Å². The molecule has 0 aliphatic heterocycles. The summed E-state index contributed by atoms with van der Waals surface area (Å²) in [4.78, 5) is 2.92. The van der Waals surface area contributed by atoms with Crippen LogP contribution in [-0.4, -0.2) is 36.6 Å². The highest BCUT2D eigenvalue weighted by Gasteiger charge is 2.35. The lowest BCUT2D eigenvalue weighted by Gasteiger charge is -2.39. The second-order valence-electron chi connectivity index (χ2n) is 7.56. The summed E-state index contributed by atoms with van der Waals surface area (Å²) >= 11 is 0. The summed E-state index contributed by atoms with van der Waals surface area (Å²) in [7, 11) is 0. The molecule has 0 aromatic rings. The monoisotopic (exact) mass is 278 g/mol. The molecule has 2 nitrogen and oxygen atoms in total. The highest BCUT2D eigenvalue weighted by molar-refractivity contribution is 4.91. The van der Waals surface area contributed by atoms with E-state index >= 15 is 0 Å². The first-order valence-electron chi connectivity index (χ1n) is 9.34. The van der Waals surface area contributed by atoms with Crippen molar-refractivity contribution in [2.45, 2.75) is 83.2 Å². The van der Waals surface area contributed by atoms with Crippen LogP contribution >= 0.6 is 0 Å². The van der Waals surface area contributed by atoms with Gasteiger partial charge in [-0.1, -0.05) is 32.6 Å². The Morgan fingerprint density at radius 1 is 0.800 bits per heavy atom. The average molecular weight is 278 g/mol. The lowest BCUT2D eigenvalue weighted by molar-refractivity contribution is 0.122. The van der Waals surface area contributed by atoms with Crippen LogP contribution in [0.25, 0.3) is 0 Å². The molecule has 2 unspecified atom stereocenters. The molecule has 116 valence electrons. The van der Waals surface area contributed by atoms with E-state index in [1.165, 1.54) is 77.3 Å². The number of hydrogen-bond donors (Lipinski definition) is 1. The van der Waals surface area contributed by atoms with Crippen LogP contribution in [0.3, 0.4) is 0 Å². The summed E-state index contributed by atoms with van der Waals surface area (Å²) in [6, 6.07) is 1.59. The van der Waals surface area contributed by atoms with Crippen LogP contribution in [0.1, 0.15) is 71.1 Å². The van der Waals surface area contributed by atoms with E-state index in [2.05, 4.69) is 17.1 Å². The van der Waals surface area contributed by atoms with Gasteiger partial charge < -0.3 is 5.32 Å². The highest BCUT2D eigenvalue weighted by Crippen LogP contribution is 2.36. The molecule has 0 aromatic heterocycles. The first-order chi connectivity index (χ1) is 9.86. The van der Waals surface area contributed by atoms with E-state index in [1.54, 1.807) is 0 Å². The van der Waals surface area contributed by atoms with Crippen molar-refractivity contribution >= 4 is 0 Å². The molecule has 0 heterocycles. The van der Waals surface area contributed by atoms with E-state index in [1.807, 2.05) is 0 Å². The molecule has 0 amide bonds. The number of rotatable bonds is 7. The molecule has 3 aliphatic carbocycles. The van der Waals surface area contributed by atoms with Crippen molar-refractivity contribution in [2.24, 2.45) is 11.8 Å². The van der Waals surface area contributed by atoms with E-state index in [4.69, 9.17) is 0 Å². The van der Waals surface area contributed by atoms with Gasteiger partial charge in [-0.3, -0.25) is 4.90 Å². The molecule has 3 aliphatic rings. The Hall–Kier alpha value is -0.0800. The maximum Gasteiger partial charge on any atom is 0.0249 e. The molecule has 3 fully saturated rings. The third-order valence-electron chi connectivity index (χ3n) is 5.54. The molecule has 20 heavy (non-hydrogen) atoms. The SMILES string of the molecule is CCNC1CCCCCCC1N(CC1CC1)CC1CC1. The van der Waals surface area contributed by atoms with Gasteiger partial charge in [0.05, 0.1) is 0 Å². The molecular formula is C18H34N2. The quantitative estimate of drug-likeness (QED) is 0.762. The summed E-state index contributed by atoms with van der Waals surface area (Å²) in [5, 5.41) is 3.83. The van der Waals surface area contributed by atoms with E-state index in [9.17, 15) is 0 Å². The molecule has 2 heteroatoms. The lowest BCUT2D eigenvalue weighted by atomic mass is 9.90. The Balaban J connectivity index is 1.64. The minimum Gasteiger partial charge on any atom is -0.313 e. The largest absolute Gasteiger partial charge is 0.313 e. The molecule has 3 saturated carbocycles. The van der Waals surface area contributed by atoms with E-state index in [0.29, 0.717) is 0 Å². The van der Waals surface area contributed by atoms with Crippen LogP contribution in [0.15, 0.2) is 0 Å². The lowest BCUT2D eigenvalue weighted by Crippen LogP contribution is -2.51. The minimum atomic E-state index is 0.762. The van der Waals surface area contributed by atoms with Gasteiger partial charge in [0.1, 0.15) is 0 Å². The second kappa shape index (κ2) is 7.26. The predicted octanol–water partition coefficient (Wildman–Crippen LogP) is 3.81. The van der Waals surface area contributed by atoms with E-state index in [0.717, 1.165) is 30.5 Å². The molecule has 1 N–H and O–H groups in total. The second-order valence-corrected chi connectivity index (χ2v) is 7.56. The van der Waals surface area contributed by atoms with Gasteiger partial charge in [0.25, 0.3) is 0 Å². The van der Waals surface area contributed by atoms with Gasteiger partial charge >= 0.3 is 0 Å². The summed E-state index contributed by atoms with van der Waals surface area (Å²) in [6.07, 6.45) is 14.7. The van der Waals surface area contributed by atoms with Crippen molar-refractivity contribution in [1.82, 2.24) is 10.2 Å². The Kier molecular flexibility index (Phi) is 5.39. The third kappa shape index (κ3) is 4.46. The number of nitrogens with zero attached hydrogens (tertiary/aromatic N) is 1. The van der Waals surface area contributed by atoms with Crippen LogP contribution in [0.5, 0.6) is 0 Å². The molecule has 0 saturated heterocycles. The van der Waals surface area contributed by atoms with Crippen LogP contribution in [0.4, 0.5) is 0 Å². The molecule has 0 bridgehead atoms. The molecule has 2 atom stereocenters. The normalized spacial score (nSPS) is 32.1. The number of nitrogens with one attached hydrogen (secondary N) is 1. The first kappa shape index (κ1) is 14.8. The van der Waals surface area contributed by atoms with Crippen LogP contribution < -0.4 is 5.32 Å². The number of hydrogen-bond acceptors (Lipinski definition) is 2. The summed E-state index contributed by atoms with van der Waals surface area (Å²) in [5.74, 6) is 2.09. The fraction of sp³-hybridized carbons (Fsp3) is 1.00. The fourth-order valence-electron chi connectivity index (χ4n) is 4.01. The molecule has 3 rings (SSSR count). The number of likely N-dealkylation sites (N-methyl/N-ethyl adjacent to an activating group) is 1. The first-order valence-corrected chi connectivity index (χ1v) is 9.34. The van der Waals surface area contributed by atoms with E-state index < -0.39 is 0 Å². The van der Waals surface area contributed by atoms with Gasteiger partial charge in [-0.2, -0.15) is 0 Å². The average Bonchev–Trinajstić information content (AvgIpc) is 3.28. The van der Waals surface area contributed by atoms with Crippen molar-refractivity contribution in [3.63, 3.8) is 0 Å². The van der Waals surface area contributed by atoms with Gasteiger partial charge in [0.2, 0.25) is 0 Å². The fourth-order valence-corrected chi connectivity index (χ4v) is 4.01. The maximum absolute atomic E-state index is 3.83. The van der Waals surface area contributed by atoms with Gasteiger partial charge in [0.15, 0.2) is 0 Å². The zero-order valence-electron chi connectivity index (χ0n) is 13.4. The van der Waals surface area contributed by atoms with Crippen molar-refractivity contribution < 1.29 is 0 Å². The van der Waals surface area contributed by atoms with Crippen LogP contribution in [0, 0.1) is 11.8 Å². The van der Waals surface area contributed by atoms with Crippen molar-refractivity contribution in [2.75, 3.05) is 19.6 Å². The zero-order valence-corrected chi connectivity index (χ0v) is 13.4. The highest BCUT2D eigenvalue weighted by atomic mass is 15.2. The molecule has 0 spiro atoms. The maximum atomic E-state index is 3.83. The minimum absolute atomic E-state index is 0.762.